The van der Waals surface area contributed by atoms with Gasteiger partial charge in [-0.2, -0.15) is 0 Å². The topological polar surface area (TPSA) is 52.6 Å². The number of ether oxygens (including phenoxy) is 2. The lowest BCUT2D eigenvalue weighted by Crippen LogP contribution is -2.10. The van der Waals surface area contributed by atoms with Crippen LogP contribution in [0.25, 0.3) is 0 Å². The Kier molecular flexibility index (Phi) is 5.64. The number of benzene rings is 1. The summed E-state index contributed by atoms with van der Waals surface area (Å²) in [7, 11) is 0. The Balaban J connectivity index is 2.33. The monoisotopic (exact) mass is 248 g/mol. The fourth-order valence-corrected chi connectivity index (χ4v) is 1.29. The molecule has 96 valence electrons. The van der Waals surface area contributed by atoms with Gasteiger partial charge in [0.25, 0.3) is 0 Å². The molecule has 0 radical (unpaired) electrons. The van der Waals surface area contributed by atoms with Crippen molar-refractivity contribution in [1.29, 1.82) is 0 Å². The lowest BCUT2D eigenvalue weighted by Gasteiger charge is -2.06. The third kappa shape index (κ3) is 5.84. The van der Waals surface area contributed by atoms with Gasteiger partial charge in [0.05, 0.1) is 0 Å². The fraction of sp³-hybridized carbons (Fsp3) is 0.286. The molecule has 1 aromatic rings. The van der Waals surface area contributed by atoms with Gasteiger partial charge in [-0.3, -0.25) is 4.79 Å². The first-order chi connectivity index (χ1) is 8.58. The van der Waals surface area contributed by atoms with Crippen molar-refractivity contribution < 1.29 is 19.1 Å². The normalized spacial score (nSPS) is 12.1. The van der Waals surface area contributed by atoms with E-state index in [9.17, 15) is 9.59 Å². The minimum Gasteiger partial charge on any atom is -0.459 e. The van der Waals surface area contributed by atoms with Crippen molar-refractivity contribution in [2.75, 3.05) is 0 Å². The molecule has 1 rings (SSSR count). The highest BCUT2D eigenvalue weighted by molar-refractivity contribution is 5.82. The average Bonchev–Trinajstić information content (AvgIpc) is 2.34. The highest BCUT2D eigenvalue weighted by Crippen LogP contribution is 2.01. The largest absolute Gasteiger partial charge is 0.459 e. The summed E-state index contributed by atoms with van der Waals surface area (Å²) in [5, 5.41) is 0. The number of carbonyl (C=O) groups excluding carboxylic acids is 2. The van der Waals surface area contributed by atoms with Crippen LogP contribution in [0.2, 0.25) is 0 Å². The summed E-state index contributed by atoms with van der Waals surface area (Å²) in [5.74, 6) is -0.845. The van der Waals surface area contributed by atoms with Gasteiger partial charge >= 0.3 is 11.9 Å². The zero-order valence-corrected chi connectivity index (χ0v) is 10.5. The van der Waals surface area contributed by atoms with Gasteiger partial charge in [0.15, 0.2) is 0 Å². The van der Waals surface area contributed by atoms with E-state index in [0.717, 1.165) is 5.56 Å². The van der Waals surface area contributed by atoms with Crippen molar-refractivity contribution in [1.82, 2.24) is 0 Å². The summed E-state index contributed by atoms with van der Waals surface area (Å²) in [6.45, 7) is 3.21. The summed E-state index contributed by atoms with van der Waals surface area (Å²) in [4.78, 5) is 22.0. The molecule has 0 saturated carbocycles. The van der Waals surface area contributed by atoms with Crippen LogP contribution in [0.4, 0.5) is 0 Å². The Hall–Kier alpha value is -2.10. The second kappa shape index (κ2) is 7.27. The van der Waals surface area contributed by atoms with Gasteiger partial charge in [0.2, 0.25) is 0 Å². The lowest BCUT2D eigenvalue weighted by molar-refractivity contribution is -0.144. The summed E-state index contributed by atoms with van der Waals surface area (Å²) < 4.78 is 9.85. The van der Waals surface area contributed by atoms with Crippen molar-refractivity contribution in [3.63, 3.8) is 0 Å². The van der Waals surface area contributed by atoms with Crippen LogP contribution in [-0.4, -0.2) is 18.0 Å². The van der Waals surface area contributed by atoms with Gasteiger partial charge in [-0.1, -0.05) is 30.3 Å². The number of carbonyl (C=O) groups is 2. The molecule has 0 saturated heterocycles. The smallest absolute Gasteiger partial charge is 0.330 e. The summed E-state index contributed by atoms with van der Waals surface area (Å²) in [5.41, 5.74) is 0.923. The summed E-state index contributed by atoms with van der Waals surface area (Å²) >= 11 is 0. The van der Waals surface area contributed by atoms with Gasteiger partial charge in [-0.15, -0.1) is 0 Å². The van der Waals surface area contributed by atoms with Crippen LogP contribution in [0, 0.1) is 0 Å². The number of rotatable bonds is 5. The Morgan fingerprint density at radius 1 is 1.28 bits per heavy atom. The fourth-order valence-electron chi connectivity index (χ4n) is 1.29. The first-order valence-electron chi connectivity index (χ1n) is 5.64. The molecule has 1 aromatic carbocycles. The minimum atomic E-state index is -0.460. The quantitative estimate of drug-likeness (QED) is 0.592. The van der Waals surface area contributed by atoms with Crippen LogP contribution < -0.4 is 0 Å². The molecule has 0 spiro atoms. The van der Waals surface area contributed by atoms with Crippen LogP contribution in [-0.2, 0) is 25.7 Å². The van der Waals surface area contributed by atoms with E-state index in [1.54, 1.807) is 6.92 Å². The predicted octanol–water partition coefficient (Wildman–Crippen LogP) is 2.24. The van der Waals surface area contributed by atoms with Gasteiger partial charge in [0.1, 0.15) is 12.7 Å². The maximum absolute atomic E-state index is 11.4. The summed E-state index contributed by atoms with van der Waals surface area (Å²) in [6.07, 6.45) is 2.30. The van der Waals surface area contributed by atoms with E-state index >= 15 is 0 Å². The van der Waals surface area contributed by atoms with Crippen molar-refractivity contribution in [2.24, 2.45) is 0 Å². The first-order valence-corrected chi connectivity index (χ1v) is 5.64. The SMILES string of the molecule is CC(=O)OC(C)/C=C/C(=O)OCc1ccccc1. The van der Waals surface area contributed by atoms with Crippen LogP contribution in [0.5, 0.6) is 0 Å². The molecule has 0 aromatic heterocycles. The molecule has 0 heterocycles. The number of hydrogen-bond acceptors (Lipinski definition) is 4. The number of hydrogen-bond donors (Lipinski definition) is 0. The molecular weight excluding hydrogens is 232 g/mol. The second-order valence-corrected chi connectivity index (χ2v) is 3.77. The van der Waals surface area contributed by atoms with Gasteiger partial charge < -0.3 is 9.47 Å². The van der Waals surface area contributed by atoms with E-state index in [-0.39, 0.29) is 12.6 Å². The Bertz CT molecular complexity index is 423. The Morgan fingerprint density at radius 2 is 1.94 bits per heavy atom. The molecule has 4 nitrogen and oxygen atoms in total. The maximum atomic E-state index is 11.4. The van der Waals surface area contributed by atoms with E-state index in [1.807, 2.05) is 30.3 Å². The third-order valence-corrected chi connectivity index (χ3v) is 2.08. The molecule has 18 heavy (non-hydrogen) atoms. The number of esters is 2. The van der Waals surface area contributed by atoms with E-state index in [2.05, 4.69) is 0 Å². The first kappa shape index (κ1) is 14.0. The Labute approximate surface area is 106 Å². The highest BCUT2D eigenvalue weighted by atomic mass is 16.5. The van der Waals surface area contributed by atoms with Crippen LogP contribution in [0.1, 0.15) is 19.4 Å². The van der Waals surface area contributed by atoms with E-state index < -0.39 is 12.1 Å². The van der Waals surface area contributed by atoms with Crippen molar-refractivity contribution in [3.05, 3.63) is 48.0 Å². The average molecular weight is 248 g/mol. The van der Waals surface area contributed by atoms with Gasteiger partial charge in [0, 0.05) is 13.0 Å². The highest BCUT2D eigenvalue weighted by Gasteiger charge is 2.02. The molecular formula is C14H16O4. The van der Waals surface area contributed by atoms with Crippen molar-refractivity contribution in [2.45, 2.75) is 26.6 Å². The molecule has 0 aliphatic heterocycles. The molecule has 0 bridgehead atoms. The molecule has 0 aliphatic carbocycles. The summed E-state index contributed by atoms with van der Waals surface area (Å²) in [6, 6.07) is 9.40. The van der Waals surface area contributed by atoms with Crippen molar-refractivity contribution >= 4 is 11.9 Å². The van der Waals surface area contributed by atoms with E-state index in [0.29, 0.717) is 0 Å². The van der Waals surface area contributed by atoms with Crippen LogP contribution in [0.3, 0.4) is 0 Å². The zero-order chi connectivity index (χ0) is 13.4. The molecule has 1 atom stereocenters. The maximum Gasteiger partial charge on any atom is 0.330 e. The predicted molar refractivity (Wildman–Crippen MR) is 66.6 cm³/mol. The molecule has 0 aliphatic rings. The van der Waals surface area contributed by atoms with E-state index in [4.69, 9.17) is 9.47 Å². The molecule has 0 fully saturated rings. The lowest BCUT2D eigenvalue weighted by atomic mass is 10.2. The second-order valence-electron chi connectivity index (χ2n) is 3.77. The molecule has 4 heteroatoms. The minimum absolute atomic E-state index is 0.228. The van der Waals surface area contributed by atoms with Gasteiger partial charge in [-0.05, 0) is 18.6 Å². The van der Waals surface area contributed by atoms with Crippen LogP contribution >= 0.6 is 0 Å². The third-order valence-electron chi connectivity index (χ3n) is 2.08. The standard InChI is InChI=1S/C14H16O4/c1-11(18-12(2)15)8-9-14(16)17-10-13-6-4-3-5-7-13/h3-9,11H,10H2,1-2H3/b9-8+. The molecule has 0 amide bonds. The molecule has 0 N–H and O–H groups in total. The Morgan fingerprint density at radius 3 is 2.56 bits per heavy atom. The van der Waals surface area contributed by atoms with Crippen molar-refractivity contribution in [3.8, 4) is 0 Å². The molecule has 1 unspecified atom stereocenters. The van der Waals surface area contributed by atoms with Gasteiger partial charge in [-0.25, -0.2) is 4.79 Å². The zero-order valence-electron chi connectivity index (χ0n) is 10.5. The van der Waals surface area contributed by atoms with E-state index in [1.165, 1.54) is 19.1 Å². The van der Waals surface area contributed by atoms with Crippen LogP contribution in [0.15, 0.2) is 42.5 Å².